The third kappa shape index (κ3) is 5.09. The van der Waals surface area contributed by atoms with Gasteiger partial charge in [-0.05, 0) is 55.6 Å². The van der Waals surface area contributed by atoms with E-state index in [-0.39, 0.29) is 23.0 Å². The molecular weight excluding hydrogens is 476 g/mol. The van der Waals surface area contributed by atoms with Gasteiger partial charge in [-0.3, -0.25) is 0 Å². The Balaban J connectivity index is 1.56. The molecule has 3 aromatic rings. The molecule has 0 aliphatic carbocycles. The lowest BCUT2D eigenvalue weighted by Gasteiger charge is -2.34. The molecule has 0 amide bonds. The lowest BCUT2D eigenvalue weighted by molar-refractivity contribution is -0.274. The summed E-state index contributed by atoms with van der Waals surface area (Å²) in [4.78, 5) is 10.5. The quantitative estimate of drug-likeness (QED) is 0.495. The smallest absolute Gasteiger partial charge is 0.486 e. The highest BCUT2D eigenvalue weighted by atomic mass is 19.4. The third-order valence-corrected chi connectivity index (χ3v) is 6.36. The highest BCUT2D eigenvalue weighted by molar-refractivity contribution is 5.75. The largest absolute Gasteiger partial charge is 0.573 e. The molecule has 2 aliphatic rings. The van der Waals surface area contributed by atoms with Crippen LogP contribution >= 0.6 is 0 Å². The maximum absolute atomic E-state index is 15.1. The standard InChI is InChI=1S/C26H26F4N4O2/c1-15(2)34-7-8-35-25-20(27)11-18(12-21(25)34)24-22(36-26(28,29)30)14-32-23(33-24)10-16-3-4-17-5-6-31-13-19(17)9-16/h3-4,9,11-12,14-15,31H,5-8,10,13H2,1-2H3. The fraction of sp³-hybridized carbons (Fsp3) is 0.385. The van der Waals surface area contributed by atoms with E-state index in [1.807, 2.05) is 24.8 Å². The number of benzene rings is 2. The Bertz CT molecular complexity index is 1280. The maximum atomic E-state index is 15.1. The second-order valence-electron chi connectivity index (χ2n) is 9.20. The van der Waals surface area contributed by atoms with Crippen molar-refractivity contribution in [2.45, 2.75) is 45.6 Å². The average molecular weight is 503 g/mol. The van der Waals surface area contributed by atoms with Crippen LogP contribution in [0.3, 0.4) is 0 Å². The number of nitrogens with zero attached hydrogens (tertiary/aromatic N) is 3. The minimum atomic E-state index is -4.95. The van der Waals surface area contributed by atoms with Crippen molar-refractivity contribution in [1.29, 1.82) is 0 Å². The summed E-state index contributed by atoms with van der Waals surface area (Å²) in [5.74, 6) is -0.881. The number of ether oxygens (including phenoxy) is 2. The van der Waals surface area contributed by atoms with Crippen molar-refractivity contribution in [1.82, 2.24) is 15.3 Å². The zero-order valence-corrected chi connectivity index (χ0v) is 20.0. The summed E-state index contributed by atoms with van der Waals surface area (Å²) in [7, 11) is 0. The first-order valence-electron chi connectivity index (χ1n) is 11.8. The van der Waals surface area contributed by atoms with Gasteiger partial charge in [0.1, 0.15) is 18.1 Å². The van der Waals surface area contributed by atoms with Gasteiger partial charge < -0.3 is 19.7 Å². The fourth-order valence-corrected chi connectivity index (χ4v) is 4.70. The van der Waals surface area contributed by atoms with Crippen LogP contribution in [0.15, 0.2) is 36.5 Å². The Hall–Kier alpha value is -3.40. The number of alkyl halides is 3. The van der Waals surface area contributed by atoms with Gasteiger partial charge in [0, 0.05) is 24.6 Å². The summed E-state index contributed by atoms with van der Waals surface area (Å²) >= 11 is 0. The van der Waals surface area contributed by atoms with Gasteiger partial charge in [-0.15, -0.1) is 13.2 Å². The number of rotatable bonds is 5. The minimum Gasteiger partial charge on any atom is -0.486 e. The molecule has 0 spiro atoms. The van der Waals surface area contributed by atoms with E-state index in [2.05, 4.69) is 32.2 Å². The second-order valence-corrected chi connectivity index (χ2v) is 9.20. The predicted octanol–water partition coefficient (Wildman–Crippen LogP) is 5.03. The van der Waals surface area contributed by atoms with E-state index in [1.54, 1.807) is 6.07 Å². The van der Waals surface area contributed by atoms with E-state index in [4.69, 9.17) is 4.74 Å². The first-order valence-corrected chi connectivity index (χ1v) is 11.8. The Kier molecular flexibility index (Phi) is 6.46. The molecule has 1 N–H and O–H groups in total. The normalized spacial score (nSPS) is 15.4. The van der Waals surface area contributed by atoms with Crippen LogP contribution in [0.2, 0.25) is 0 Å². The van der Waals surface area contributed by atoms with Crippen molar-refractivity contribution in [2.24, 2.45) is 0 Å². The number of hydrogen-bond donors (Lipinski definition) is 1. The van der Waals surface area contributed by atoms with Crippen LogP contribution in [0.4, 0.5) is 23.2 Å². The van der Waals surface area contributed by atoms with Gasteiger partial charge in [-0.1, -0.05) is 18.2 Å². The van der Waals surface area contributed by atoms with Crippen LogP contribution < -0.4 is 19.7 Å². The van der Waals surface area contributed by atoms with E-state index < -0.39 is 17.9 Å². The van der Waals surface area contributed by atoms with Crippen molar-refractivity contribution in [3.63, 3.8) is 0 Å². The molecule has 5 rings (SSSR count). The fourth-order valence-electron chi connectivity index (χ4n) is 4.70. The topological polar surface area (TPSA) is 59.5 Å². The molecule has 0 atom stereocenters. The average Bonchev–Trinajstić information content (AvgIpc) is 2.83. The van der Waals surface area contributed by atoms with Gasteiger partial charge in [0.05, 0.1) is 18.4 Å². The van der Waals surface area contributed by atoms with Crippen LogP contribution in [0, 0.1) is 5.82 Å². The second kappa shape index (κ2) is 9.57. The molecule has 1 aromatic heterocycles. The van der Waals surface area contributed by atoms with Crippen LogP contribution in [-0.4, -0.2) is 42.1 Å². The first kappa shape index (κ1) is 24.3. The lowest BCUT2D eigenvalue weighted by atomic mass is 9.97. The highest BCUT2D eigenvalue weighted by Gasteiger charge is 2.34. The molecule has 0 fully saturated rings. The van der Waals surface area contributed by atoms with Crippen molar-refractivity contribution < 1.29 is 27.0 Å². The third-order valence-electron chi connectivity index (χ3n) is 6.36. The maximum Gasteiger partial charge on any atom is 0.573 e. The summed E-state index contributed by atoms with van der Waals surface area (Å²) in [6, 6.07) is 8.85. The number of aromatic nitrogens is 2. The molecule has 190 valence electrons. The molecule has 0 unspecified atom stereocenters. The SMILES string of the molecule is CC(C)N1CCOc2c(F)cc(-c3nc(Cc4ccc5c(c4)CNCC5)ncc3OC(F)(F)F)cc21. The van der Waals surface area contributed by atoms with E-state index in [0.717, 1.165) is 37.3 Å². The van der Waals surface area contributed by atoms with Crippen LogP contribution in [-0.2, 0) is 19.4 Å². The van der Waals surface area contributed by atoms with Crippen molar-refractivity contribution in [2.75, 3.05) is 24.6 Å². The van der Waals surface area contributed by atoms with Crippen LogP contribution in [0.5, 0.6) is 11.5 Å². The Morgan fingerprint density at radius 2 is 2.00 bits per heavy atom. The summed E-state index contributed by atoms with van der Waals surface area (Å²) in [5, 5.41) is 3.33. The van der Waals surface area contributed by atoms with Crippen molar-refractivity contribution in [3.05, 3.63) is 64.9 Å². The lowest BCUT2D eigenvalue weighted by Crippen LogP contribution is -2.38. The summed E-state index contributed by atoms with van der Waals surface area (Å²) in [6.45, 7) is 6.44. The van der Waals surface area contributed by atoms with Crippen molar-refractivity contribution in [3.8, 4) is 22.8 Å². The van der Waals surface area contributed by atoms with Gasteiger partial charge in [0.25, 0.3) is 0 Å². The van der Waals surface area contributed by atoms with Crippen LogP contribution in [0.25, 0.3) is 11.3 Å². The molecular formula is C26H26F4N4O2. The number of nitrogens with one attached hydrogen (secondary N) is 1. The van der Waals surface area contributed by atoms with Crippen molar-refractivity contribution >= 4 is 5.69 Å². The van der Waals surface area contributed by atoms with Crippen LogP contribution in [0.1, 0.15) is 36.4 Å². The van der Waals surface area contributed by atoms with E-state index in [9.17, 15) is 13.2 Å². The van der Waals surface area contributed by atoms with E-state index >= 15 is 4.39 Å². The van der Waals surface area contributed by atoms with Gasteiger partial charge in [0.2, 0.25) is 0 Å². The predicted molar refractivity (Wildman–Crippen MR) is 127 cm³/mol. The monoisotopic (exact) mass is 502 g/mol. The molecule has 3 heterocycles. The van der Waals surface area contributed by atoms with Gasteiger partial charge >= 0.3 is 6.36 Å². The zero-order valence-electron chi connectivity index (χ0n) is 20.0. The van der Waals surface area contributed by atoms with Gasteiger partial charge in [0.15, 0.2) is 17.3 Å². The zero-order chi connectivity index (χ0) is 25.4. The summed E-state index contributed by atoms with van der Waals surface area (Å²) < 4.78 is 64.3. The molecule has 6 nitrogen and oxygen atoms in total. The molecule has 2 aliphatic heterocycles. The highest BCUT2D eigenvalue weighted by Crippen LogP contribution is 2.41. The molecule has 0 saturated heterocycles. The summed E-state index contributed by atoms with van der Waals surface area (Å²) in [6.07, 6.45) is -2.70. The Labute approximate surface area is 206 Å². The van der Waals surface area contributed by atoms with Gasteiger partial charge in [-0.2, -0.15) is 0 Å². The molecule has 0 saturated carbocycles. The van der Waals surface area contributed by atoms with E-state index in [0.29, 0.717) is 31.1 Å². The molecule has 0 bridgehead atoms. The molecule has 10 heteroatoms. The number of halogens is 4. The van der Waals surface area contributed by atoms with Gasteiger partial charge in [-0.25, -0.2) is 14.4 Å². The number of hydrogen-bond acceptors (Lipinski definition) is 6. The number of fused-ring (bicyclic) bond motifs is 2. The molecule has 2 aromatic carbocycles. The molecule has 0 radical (unpaired) electrons. The first-order chi connectivity index (χ1) is 17.2. The Morgan fingerprint density at radius 3 is 2.78 bits per heavy atom. The summed E-state index contributed by atoms with van der Waals surface area (Å²) in [5.41, 5.74) is 3.87. The minimum absolute atomic E-state index is 0.0349. The van der Waals surface area contributed by atoms with E-state index in [1.165, 1.54) is 11.1 Å². The number of anilines is 1. The Morgan fingerprint density at radius 1 is 1.17 bits per heavy atom. The molecule has 36 heavy (non-hydrogen) atoms.